The zero-order chi connectivity index (χ0) is 15.6. The minimum Gasteiger partial charge on any atom is -0.509 e. The van der Waals surface area contributed by atoms with Gasteiger partial charge in [-0.05, 0) is 6.92 Å². The number of aliphatic hydroxyl groups is 3. The molecule has 3 N–H and O–H groups in total. The molecule has 0 fully saturated rings. The van der Waals surface area contributed by atoms with Gasteiger partial charge in [0.05, 0.1) is 0 Å². The van der Waals surface area contributed by atoms with Crippen LogP contribution in [-0.4, -0.2) is 15.3 Å². The van der Waals surface area contributed by atoms with E-state index in [-0.39, 0.29) is 10.6 Å². The molecule has 0 atom stereocenters. The van der Waals surface area contributed by atoms with E-state index < -0.39 is 22.7 Å². The molecule has 0 bridgehead atoms. The Labute approximate surface area is 120 Å². The fourth-order valence-electron chi connectivity index (χ4n) is 1.83. The van der Waals surface area contributed by atoms with E-state index in [1.807, 2.05) is 6.07 Å². The summed E-state index contributed by atoms with van der Waals surface area (Å²) in [5, 5.41) is 28.2. The number of benzene rings is 1. The van der Waals surface area contributed by atoms with Crippen molar-refractivity contribution in [1.82, 2.24) is 0 Å². The Morgan fingerprint density at radius 2 is 1.76 bits per heavy atom. The summed E-state index contributed by atoms with van der Waals surface area (Å²) in [6.45, 7) is 4.74. The molecule has 1 heterocycles. The first-order valence-electron chi connectivity index (χ1n) is 6.12. The molecular formula is C16H14O5. The highest BCUT2D eigenvalue weighted by Gasteiger charge is 2.11. The predicted molar refractivity (Wildman–Crippen MR) is 79.2 cm³/mol. The highest BCUT2D eigenvalue weighted by molar-refractivity contribution is 5.58. The SMILES string of the molecule is C=c1oc(-c2ccccc2)cc(=O)/c1=C(O)/C(O)=C(\C)O. The molecule has 0 spiro atoms. The molecule has 0 aliphatic heterocycles. The molecule has 5 heteroatoms. The van der Waals surface area contributed by atoms with Gasteiger partial charge in [-0.15, -0.1) is 0 Å². The predicted octanol–water partition coefficient (Wildman–Crippen LogP) is 1.73. The number of rotatable bonds is 2. The lowest BCUT2D eigenvalue weighted by atomic mass is 10.1. The molecule has 2 rings (SSSR count). The summed E-state index contributed by atoms with van der Waals surface area (Å²) in [6.07, 6.45) is 0. The summed E-state index contributed by atoms with van der Waals surface area (Å²) in [5.41, 5.74) is 0.00528. The molecule has 21 heavy (non-hydrogen) atoms. The number of hydrogen-bond acceptors (Lipinski definition) is 5. The third kappa shape index (κ3) is 2.81. The van der Waals surface area contributed by atoms with Gasteiger partial charge in [-0.2, -0.15) is 0 Å². The fourth-order valence-corrected chi connectivity index (χ4v) is 1.83. The van der Waals surface area contributed by atoms with Gasteiger partial charge >= 0.3 is 0 Å². The third-order valence-corrected chi connectivity index (χ3v) is 2.88. The van der Waals surface area contributed by atoms with Gasteiger partial charge in [0.25, 0.3) is 0 Å². The van der Waals surface area contributed by atoms with E-state index in [1.165, 1.54) is 13.0 Å². The van der Waals surface area contributed by atoms with Crippen LogP contribution in [0.2, 0.25) is 0 Å². The summed E-state index contributed by atoms with van der Waals surface area (Å²) >= 11 is 0. The van der Waals surface area contributed by atoms with Crippen LogP contribution in [-0.2, 0) is 0 Å². The van der Waals surface area contributed by atoms with Crippen LogP contribution in [0.15, 0.2) is 57.1 Å². The third-order valence-electron chi connectivity index (χ3n) is 2.88. The van der Waals surface area contributed by atoms with E-state index in [2.05, 4.69) is 6.58 Å². The molecule has 0 radical (unpaired) electrons. The average molecular weight is 286 g/mol. The van der Waals surface area contributed by atoms with Crippen molar-refractivity contribution in [2.45, 2.75) is 6.92 Å². The number of aliphatic hydroxyl groups excluding tert-OH is 3. The second-order valence-electron chi connectivity index (χ2n) is 4.42. The first-order chi connectivity index (χ1) is 9.91. The Morgan fingerprint density at radius 1 is 1.14 bits per heavy atom. The molecule has 108 valence electrons. The standard InChI is InChI=1S/C16H14O5/c1-9(17)15(19)16(20)14-10(2)21-13(8-12(14)18)11-6-4-3-5-7-11/h3-8,17,19-20H,2H2,1H3/b15-9-,16-14-. The molecule has 0 unspecified atom stereocenters. The molecule has 2 aromatic rings. The van der Waals surface area contributed by atoms with Crippen LogP contribution in [0.1, 0.15) is 6.92 Å². The minimum absolute atomic E-state index is 0.105. The quantitative estimate of drug-likeness (QED) is 0.731. The van der Waals surface area contributed by atoms with Crippen molar-refractivity contribution in [2.24, 2.45) is 0 Å². The minimum atomic E-state index is -0.792. The molecule has 1 aromatic heterocycles. The van der Waals surface area contributed by atoms with Gasteiger partial charge in [-0.3, -0.25) is 4.79 Å². The number of hydrogen-bond donors (Lipinski definition) is 3. The van der Waals surface area contributed by atoms with E-state index in [0.29, 0.717) is 11.3 Å². The van der Waals surface area contributed by atoms with Crippen LogP contribution < -0.4 is 16.1 Å². The maximum Gasteiger partial charge on any atom is 0.197 e. The first-order valence-corrected chi connectivity index (χ1v) is 6.12. The van der Waals surface area contributed by atoms with Crippen LogP contribution >= 0.6 is 0 Å². The Hall–Kier alpha value is -2.95. The van der Waals surface area contributed by atoms with Crippen molar-refractivity contribution < 1.29 is 19.7 Å². The van der Waals surface area contributed by atoms with E-state index in [1.54, 1.807) is 24.3 Å². The van der Waals surface area contributed by atoms with Gasteiger partial charge in [0.15, 0.2) is 16.9 Å². The molecule has 5 nitrogen and oxygen atoms in total. The maximum absolute atomic E-state index is 12.1. The monoisotopic (exact) mass is 286 g/mol. The zero-order valence-corrected chi connectivity index (χ0v) is 11.3. The van der Waals surface area contributed by atoms with E-state index in [0.717, 1.165) is 0 Å². The normalized spacial score (nSPS) is 13.6. The van der Waals surface area contributed by atoms with Crippen LogP contribution in [0.25, 0.3) is 23.7 Å². The molecule has 0 aliphatic rings. The molecule has 0 aliphatic carbocycles. The van der Waals surface area contributed by atoms with Crippen molar-refractivity contribution in [3.05, 3.63) is 68.8 Å². The molecule has 1 aromatic carbocycles. The molecular weight excluding hydrogens is 272 g/mol. The Morgan fingerprint density at radius 3 is 2.29 bits per heavy atom. The van der Waals surface area contributed by atoms with Crippen LogP contribution in [0.3, 0.4) is 0 Å². The smallest absolute Gasteiger partial charge is 0.197 e. The molecule has 0 saturated heterocycles. The Kier molecular flexibility index (Phi) is 3.84. The van der Waals surface area contributed by atoms with Gasteiger partial charge in [0.1, 0.15) is 22.2 Å². The van der Waals surface area contributed by atoms with E-state index in [9.17, 15) is 15.0 Å². The average Bonchev–Trinajstić information content (AvgIpc) is 2.46. The largest absolute Gasteiger partial charge is 0.509 e. The highest BCUT2D eigenvalue weighted by Crippen LogP contribution is 2.14. The van der Waals surface area contributed by atoms with Crippen LogP contribution in [0, 0.1) is 0 Å². The molecule has 0 amide bonds. The fraction of sp³-hybridized carbons (Fsp3) is 0.0625. The van der Waals surface area contributed by atoms with Crippen molar-refractivity contribution in [2.75, 3.05) is 0 Å². The van der Waals surface area contributed by atoms with Crippen LogP contribution in [0.4, 0.5) is 0 Å². The van der Waals surface area contributed by atoms with Crippen molar-refractivity contribution in [1.29, 1.82) is 0 Å². The lowest BCUT2D eigenvalue weighted by molar-refractivity contribution is 0.318. The summed E-state index contributed by atoms with van der Waals surface area (Å²) in [4.78, 5) is 12.1. The van der Waals surface area contributed by atoms with Gasteiger partial charge in [0.2, 0.25) is 0 Å². The lowest BCUT2D eigenvalue weighted by Crippen LogP contribution is -2.40. The Balaban J connectivity index is 2.76. The first kappa shape index (κ1) is 14.5. The summed E-state index contributed by atoms with van der Waals surface area (Å²) in [7, 11) is 0. The highest BCUT2D eigenvalue weighted by atomic mass is 16.3. The van der Waals surface area contributed by atoms with Crippen molar-refractivity contribution >= 4 is 12.3 Å². The molecule has 0 saturated carbocycles. The zero-order valence-electron chi connectivity index (χ0n) is 11.3. The van der Waals surface area contributed by atoms with Crippen LogP contribution in [0.5, 0.6) is 0 Å². The second kappa shape index (κ2) is 5.58. The second-order valence-corrected chi connectivity index (χ2v) is 4.42. The summed E-state index contributed by atoms with van der Waals surface area (Å²) in [5.74, 6) is -1.78. The van der Waals surface area contributed by atoms with Gasteiger partial charge in [-0.1, -0.05) is 36.9 Å². The topological polar surface area (TPSA) is 90.9 Å². The maximum atomic E-state index is 12.1. The van der Waals surface area contributed by atoms with E-state index in [4.69, 9.17) is 9.52 Å². The Bertz CT molecular complexity index is 822. The van der Waals surface area contributed by atoms with Gasteiger partial charge in [-0.25, -0.2) is 0 Å². The number of allylic oxidation sites excluding steroid dienone is 1. The lowest BCUT2D eigenvalue weighted by Gasteiger charge is -2.03. The van der Waals surface area contributed by atoms with E-state index >= 15 is 0 Å². The van der Waals surface area contributed by atoms with Crippen molar-refractivity contribution in [3.63, 3.8) is 0 Å². The summed E-state index contributed by atoms with van der Waals surface area (Å²) in [6, 6.07) is 10.1. The summed E-state index contributed by atoms with van der Waals surface area (Å²) < 4.78 is 5.42. The van der Waals surface area contributed by atoms with Crippen molar-refractivity contribution in [3.8, 4) is 11.3 Å². The van der Waals surface area contributed by atoms with Gasteiger partial charge in [0, 0.05) is 11.6 Å². The van der Waals surface area contributed by atoms with Gasteiger partial charge < -0.3 is 19.7 Å².